The number of benzene rings is 5. The molecule has 6 rings (SSSR count). The van der Waals surface area contributed by atoms with Gasteiger partial charge >= 0.3 is 0 Å². The topological polar surface area (TPSA) is 74.6 Å². The largest absolute Gasteiger partial charge is 0.506 e. The van der Waals surface area contributed by atoms with Crippen LogP contribution in [0, 0.1) is 0 Å². The Morgan fingerprint density at radius 3 is 1.62 bits per heavy atom. The first-order valence-corrected chi connectivity index (χ1v) is 12.0. The van der Waals surface area contributed by atoms with Crippen LogP contribution in [-0.2, 0) is 6.42 Å². The lowest BCUT2D eigenvalue weighted by molar-refractivity contribution is 0.103. The Kier molecular flexibility index (Phi) is 5.42. The minimum absolute atomic E-state index is 0.0357. The molecule has 0 unspecified atom stereocenters. The highest BCUT2D eigenvalue weighted by Gasteiger charge is 2.30. The van der Waals surface area contributed by atoms with E-state index in [0.717, 1.165) is 22.3 Å². The van der Waals surface area contributed by atoms with Gasteiger partial charge in [0.05, 0.1) is 16.7 Å². The number of fused-ring (bicyclic) bond motifs is 3. The van der Waals surface area contributed by atoms with Gasteiger partial charge in [0.25, 0.3) is 0 Å². The third-order valence-corrected chi connectivity index (χ3v) is 6.95. The van der Waals surface area contributed by atoms with Crippen LogP contribution < -0.4 is 0 Å². The summed E-state index contributed by atoms with van der Waals surface area (Å²) in [6, 6.07) is 32.2. The number of carbonyl (C=O) groups excluding carboxylic acids is 2. The lowest BCUT2D eigenvalue weighted by Crippen LogP contribution is -2.08. The van der Waals surface area contributed by atoms with E-state index in [1.807, 2.05) is 36.4 Å². The molecule has 37 heavy (non-hydrogen) atoms. The lowest BCUT2D eigenvalue weighted by atomic mass is 9.87. The van der Waals surface area contributed by atoms with E-state index in [9.17, 15) is 19.8 Å². The van der Waals surface area contributed by atoms with E-state index in [2.05, 4.69) is 6.07 Å². The molecule has 0 radical (unpaired) electrons. The van der Waals surface area contributed by atoms with Crippen molar-refractivity contribution < 1.29 is 19.8 Å². The van der Waals surface area contributed by atoms with E-state index in [-0.39, 0.29) is 28.2 Å². The molecule has 0 saturated heterocycles. The Morgan fingerprint density at radius 2 is 1.03 bits per heavy atom. The minimum Gasteiger partial charge on any atom is -0.506 e. The van der Waals surface area contributed by atoms with Crippen LogP contribution in [0.5, 0.6) is 11.5 Å². The lowest BCUT2D eigenvalue weighted by Gasteiger charge is -2.18. The molecule has 2 N–H and O–H groups in total. The number of hydrogen-bond donors (Lipinski definition) is 2. The maximum atomic E-state index is 13.5. The van der Waals surface area contributed by atoms with Crippen molar-refractivity contribution in [2.75, 3.05) is 0 Å². The number of ketones is 2. The van der Waals surface area contributed by atoms with Gasteiger partial charge in [0.15, 0.2) is 11.6 Å². The fourth-order valence-corrected chi connectivity index (χ4v) is 5.15. The Hall–Kier alpha value is -4.96. The van der Waals surface area contributed by atoms with Gasteiger partial charge in [0.1, 0.15) is 11.5 Å². The van der Waals surface area contributed by atoms with Crippen molar-refractivity contribution in [3.63, 3.8) is 0 Å². The Bertz CT molecular complexity index is 1610. The summed E-state index contributed by atoms with van der Waals surface area (Å²) in [5.74, 6) is -1.56. The van der Waals surface area contributed by atoms with Gasteiger partial charge in [-0.05, 0) is 40.3 Å². The first kappa shape index (κ1) is 22.5. The second kappa shape index (κ2) is 8.92. The number of hydrogen-bond acceptors (Lipinski definition) is 4. The predicted octanol–water partition coefficient (Wildman–Crippen LogP) is 6.80. The summed E-state index contributed by atoms with van der Waals surface area (Å²) in [6.07, 6.45) is 0.611. The van der Waals surface area contributed by atoms with Crippen molar-refractivity contribution in [2.45, 2.75) is 6.42 Å². The van der Waals surface area contributed by atoms with Gasteiger partial charge < -0.3 is 10.2 Å². The van der Waals surface area contributed by atoms with E-state index >= 15 is 0 Å². The second-order valence-corrected chi connectivity index (χ2v) is 9.10. The van der Waals surface area contributed by atoms with Gasteiger partial charge in [-0.2, -0.15) is 0 Å². The summed E-state index contributed by atoms with van der Waals surface area (Å²) in [7, 11) is 0. The predicted molar refractivity (Wildman–Crippen MR) is 143 cm³/mol. The minimum atomic E-state index is -0.433. The molecule has 5 aromatic rings. The third-order valence-electron chi connectivity index (χ3n) is 6.95. The van der Waals surface area contributed by atoms with Gasteiger partial charge in [0, 0.05) is 11.1 Å². The quantitative estimate of drug-likeness (QED) is 0.265. The average molecular weight is 483 g/mol. The van der Waals surface area contributed by atoms with Crippen molar-refractivity contribution >= 4 is 11.6 Å². The fraction of sp³-hybridized carbons (Fsp3) is 0.0303. The number of phenols is 2. The highest BCUT2D eigenvalue weighted by molar-refractivity contribution is 6.17. The van der Waals surface area contributed by atoms with Crippen molar-refractivity contribution in [2.24, 2.45) is 0 Å². The number of phenolic OH excluding ortho intramolecular Hbond substituents is 2. The van der Waals surface area contributed by atoms with Gasteiger partial charge in [0.2, 0.25) is 0 Å². The number of aromatic hydroxyl groups is 2. The normalized spacial score (nSPS) is 11.6. The zero-order valence-electron chi connectivity index (χ0n) is 19.8. The SMILES string of the molecule is O=C(c1ccccc1)c1cc(C(=O)c2ccccc2)c(O)c(-c2cccc3c2Cc2ccccc2-3)c1O. The van der Waals surface area contributed by atoms with Crippen LogP contribution in [0.4, 0.5) is 0 Å². The standard InChI is InChI=1S/C33H22O4/c34-30(20-10-3-1-4-11-20)27-19-28(31(35)21-12-5-2-6-13-21)33(37)29(32(27)36)25-17-9-16-24-23-15-8-7-14-22(23)18-26(24)25/h1-17,19,36-37H,18H2. The molecule has 4 heteroatoms. The number of rotatable bonds is 5. The van der Waals surface area contributed by atoms with Crippen molar-refractivity contribution in [1.82, 2.24) is 0 Å². The summed E-state index contributed by atoms with van der Waals surface area (Å²) < 4.78 is 0. The van der Waals surface area contributed by atoms with Crippen LogP contribution in [0.1, 0.15) is 43.0 Å². The zero-order valence-corrected chi connectivity index (χ0v) is 19.8. The maximum Gasteiger partial charge on any atom is 0.196 e. The molecule has 0 aliphatic heterocycles. The third kappa shape index (κ3) is 3.71. The van der Waals surface area contributed by atoms with Crippen molar-refractivity contribution in [1.29, 1.82) is 0 Å². The van der Waals surface area contributed by atoms with E-state index in [1.165, 1.54) is 6.07 Å². The highest BCUT2D eigenvalue weighted by Crippen LogP contribution is 2.49. The second-order valence-electron chi connectivity index (χ2n) is 9.10. The molecule has 1 aliphatic carbocycles. The van der Waals surface area contributed by atoms with E-state index in [0.29, 0.717) is 23.1 Å². The van der Waals surface area contributed by atoms with Crippen molar-refractivity contribution in [3.05, 3.63) is 143 Å². The molecule has 0 bridgehead atoms. The molecule has 0 atom stereocenters. The molecular formula is C33H22O4. The summed E-state index contributed by atoms with van der Waals surface area (Å²) in [5.41, 5.74) is 5.52. The molecule has 5 aromatic carbocycles. The highest BCUT2D eigenvalue weighted by atomic mass is 16.3. The molecule has 178 valence electrons. The molecule has 0 amide bonds. The molecule has 1 aliphatic rings. The Balaban J connectivity index is 1.61. The number of carbonyl (C=O) groups is 2. The Labute approximate surface area is 214 Å². The molecule has 0 fully saturated rings. The molecule has 0 heterocycles. The molecule has 0 aromatic heterocycles. The molecule has 4 nitrogen and oxygen atoms in total. The smallest absolute Gasteiger partial charge is 0.196 e. The summed E-state index contributed by atoms with van der Waals surface area (Å²) in [4.78, 5) is 27.1. The fourth-order valence-electron chi connectivity index (χ4n) is 5.15. The van der Waals surface area contributed by atoms with Crippen LogP contribution >= 0.6 is 0 Å². The molecular weight excluding hydrogens is 460 g/mol. The zero-order chi connectivity index (χ0) is 25.5. The van der Waals surface area contributed by atoms with Gasteiger partial charge in [-0.15, -0.1) is 0 Å². The van der Waals surface area contributed by atoms with E-state index in [4.69, 9.17) is 0 Å². The van der Waals surface area contributed by atoms with Gasteiger partial charge in [-0.1, -0.05) is 103 Å². The first-order chi connectivity index (χ1) is 18.0. The monoisotopic (exact) mass is 482 g/mol. The van der Waals surface area contributed by atoms with Gasteiger partial charge in [-0.25, -0.2) is 0 Å². The summed E-state index contributed by atoms with van der Waals surface area (Å²) in [6.45, 7) is 0. The van der Waals surface area contributed by atoms with E-state index in [1.54, 1.807) is 60.7 Å². The summed E-state index contributed by atoms with van der Waals surface area (Å²) in [5, 5.41) is 23.0. The van der Waals surface area contributed by atoms with Gasteiger partial charge in [-0.3, -0.25) is 9.59 Å². The van der Waals surface area contributed by atoms with E-state index < -0.39 is 11.6 Å². The summed E-state index contributed by atoms with van der Waals surface area (Å²) >= 11 is 0. The van der Waals surface area contributed by atoms with Crippen LogP contribution in [0.25, 0.3) is 22.3 Å². The average Bonchev–Trinajstić information content (AvgIpc) is 3.33. The van der Waals surface area contributed by atoms with Crippen LogP contribution in [0.3, 0.4) is 0 Å². The molecule has 0 spiro atoms. The Morgan fingerprint density at radius 1 is 0.541 bits per heavy atom. The maximum absolute atomic E-state index is 13.5. The van der Waals surface area contributed by atoms with Crippen molar-refractivity contribution in [3.8, 4) is 33.8 Å². The molecule has 0 saturated carbocycles. The van der Waals surface area contributed by atoms with Crippen LogP contribution in [0.2, 0.25) is 0 Å². The van der Waals surface area contributed by atoms with Crippen LogP contribution in [-0.4, -0.2) is 21.8 Å². The first-order valence-electron chi connectivity index (χ1n) is 12.0. The van der Waals surface area contributed by atoms with Crippen LogP contribution in [0.15, 0.2) is 109 Å².